The van der Waals surface area contributed by atoms with Gasteiger partial charge in [0, 0.05) is 54.4 Å². The number of nitrogens with one attached hydrogen (secondary N) is 1. The summed E-state index contributed by atoms with van der Waals surface area (Å²) in [7, 11) is 1.97. The van der Waals surface area contributed by atoms with Crippen LogP contribution >= 0.6 is 11.6 Å². The van der Waals surface area contributed by atoms with Crippen molar-refractivity contribution in [2.75, 3.05) is 11.4 Å². The predicted octanol–water partition coefficient (Wildman–Crippen LogP) is 2.51. The van der Waals surface area contributed by atoms with E-state index in [9.17, 15) is 0 Å². The zero-order valence-corrected chi connectivity index (χ0v) is 11.9. The molecule has 0 amide bonds. The molecule has 0 aliphatic carbocycles. The average Bonchev–Trinajstić information content (AvgIpc) is 3.01. The molecular formula is C14H14ClN5. The van der Waals surface area contributed by atoms with Crippen LogP contribution in [0.2, 0.25) is 5.02 Å². The molecule has 102 valence electrons. The number of halogens is 1. The van der Waals surface area contributed by atoms with Gasteiger partial charge in [0.25, 0.3) is 0 Å². The molecule has 0 saturated heterocycles. The molecule has 3 heterocycles. The lowest BCUT2D eigenvalue weighted by molar-refractivity contribution is 0.703. The van der Waals surface area contributed by atoms with Gasteiger partial charge in [0.2, 0.25) is 0 Å². The van der Waals surface area contributed by atoms with E-state index in [2.05, 4.69) is 26.4 Å². The molecule has 0 unspecified atom stereocenters. The van der Waals surface area contributed by atoms with Crippen LogP contribution in [0.3, 0.4) is 0 Å². The lowest BCUT2D eigenvalue weighted by Crippen LogP contribution is -2.30. The van der Waals surface area contributed by atoms with Crippen LogP contribution in [0.5, 0.6) is 0 Å². The first-order chi connectivity index (χ1) is 9.70. The number of fused-ring (bicyclic) bond motifs is 2. The number of benzene rings is 1. The Bertz CT molecular complexity index is 788. The van der Waals surface area contributed by atoms with Crippen molar-refractivity contribution in [1.29, 1.82) is 0 Å². The Morgan fingerprint density at radius 2 is 2.25 bits per heavy atom. The van der Waals surface area contributed by atoms with Crippen LogP contribution in [-0.4, -0.2) is 26.5 Å². The largest absolute Gasteiger partial charge is 0.366 e. The van der Waals surface area contributed by atoms with E-state index in [1.807, 2.05) is 30.1 Å². The summed E-state index contributed by atoms with van der Waals surface area (Å²) in [6.07, 6.45) is 4.92. The van der Waals surface area contributed by atoms with E-state index in [-0.39, 0.29) is 0 Å². The van der Waals surface area contributed by atoms with E-state index in [1.54, 1.807) is 0 Å². The Hall–Kier alpha value is -2.01. The Morgan fingerprint density at radius 1 is 1.35 bits per heavy atom. The fraction of sp³-hybridized carbons (Fsp3) is 0.286. The van der Waals surface area contributed by atoms with Crippen molar-refractivity contribution >= 4 is 28.2 Å². The van der Waals surface area contributed by atoms with Crippen LogP contribution in [0.25, 0.3) is 10.9 Å². The highest BCUT2D eigenvalue weighted by atomic mass is 35.5. The van der Waals surface area contributed by atoms with Crippen LogP contribution in [0, 0.1) is 0 Å². The normalized spacial score (nSPS) is 14.8. The Labute approximate surface area is 121 Å². The van der Waals surface area contributed by atoms with E-state index in [0.717, 1.165) is 41.1 Å². The second-order valence-electron chi connectivity index (χ2n) is 5.20. The molecule has 0 atom stereocenters. The molecule has 0 fully saturated rings. The van der Waals surface area contributed by atoms with Crippen molar-refractivity contribution in [3.63, 3.8) is 0 Å². The Morgan fingerprint density at radius 3 is 3.15 bits per heavy atom. The number of aryl methyl sites for hydroxylation is 1. The highest BCUT2D eigenvalue weighted by Gasteiger charge is 2.21. The summed E-state index contributed by atoms with van der Waals surface area (Å²) < 4.78 is 1.89. The minimum atomic E-state index is 0.730. The molecule has 20 heavy (non-hydrogen) atoms. The van der Waals surface area contributed by atoms with Crippen LogP contribution in [0.1, 0.15) is 11.3 Å². The number of hydrogen-bond acceptors (Lipinski definition) is 3. The molecule has 1 aliphatic heterocycles. The van der Waals surface area contributed by atoms with Crippen molar-refractivity contribution in [3.05, 3.63) is 40.8 Å². The first-order valence-electron chi connectivity index (χ1n) is 6.60. The average molecular weight is 288 g/mol. The molecule has 2 aromatic heterocycles. The summed E-state index contributed by atoms with van der Waals surface area (Å²) >= 11 is 6.21. The first-order valence-corrected chi connectivity index (χ1v) is 6.97. The first kappa shape index (κ1) is 11.8. The summed E-state index contributed by atoms with van der Waals surface area (Å²) in [4.78, 5) is 2.34. The number of H-pyrrole nitrogens is 1. The standard InChI is InChI=1S/C14H14ClN5/c1-19-7-9-8-20(3-2-12(9)18-19)14-5-10(15)4-13-11(14)6-16-17-13/h4-7H,2-3,8H2,1H3,(H,16,17). The summed E-state index contributed by atoms with van der Waals surface area (Å²) in [5.74, 6) is 0. The molecule has 0 saturated carbocycles. The highest BCUT2D eigenvalue weighted by Crippen LogP contribution is 2.32. The van der Waals surface area contributed by atoms with E-state index >= 15 is 0 Å². The van der Waals surface area contributed by atoms with E-state index < -0.39 is 0 Å². The van der Waals surface area contributed by atoms with Gasteiger partial charge in [-0.3, -0.25) is 9.78 Å². The summed E-state index contributed by atoms with van der Waals surface area (Å²) in [6, 6.07) is 3.92. The van der Waals surface area contributed by atoms with E-state index in [4.69, 9.17) is 11.6 Å². The van der Waals surface area contributed by atoms with Crippen molar-refractivity contribution in [3.8, 4) is 0 Å². The Balaban J connectivity index is 1.79. The number of aromatic amines is 1. The third-order valence-corrected chi connectivity index (χ3v) is 4.03. The maximum Gasteiger partial charge on any atom is 0.0692 e. The van der Waals surface area contributed by atoms with Gasteiger partial charge in [-0.15, -0.1) is 0 Å². The van der Waals surface area contributed by atoms with Gasteiger partial charge in [-0.2, -0.15) is 10.2 Å². The van der Waals surface area contributed by atoms with Gasteiger partial charge in [0.15, 0.2) is 0 Å². The smallest absolute Gasteiger partial charge is 0.0692 e. The summed E-state index contributed by atoms with van der Waals surface area (Å²) in [6.45, 7) is 1.81. The Kier molecular flexibility index (Phi) is 2.50. The number of rotatable bonds is 1. The molecule has 3 aromatic rings. The monoisotopic (exact) mass is 287 g/mol. The molecule has 4 rings (SSSR count). The number of hydrogen-bond donors (Lipinski definition) is 1. The van der Waals surface area contributed by atoms with Crippen LogP contribution < -0.4 is 4.90 Å². The third kappa shape index (κ3) is 1.78. The van der Waals surface area contributed by atoms with Gasteiger partial charge in [-0.25, -0.2) is 0 Å². The second-order valence-corrected chi connectivity index (χ2v) is 5.64. The molecule has 0 radical (unpaired) electrons. The van der Waals surface area contributed by atoms with Gasteiger partial charge in [-0.1, -0.05) is 11.6 Å². The van der Waals surface area contributed by atoms with Gasteiger partial charge < -0.3 is 4.90 Å². The molecule has 1 aliphatic rings. The van der Waals surface area contributed by atoms with Crippen molar-refractivity contribution in [2.45, 2.75) is 13.0 Å². The lowest BCUT2D eigenvalue weighted by atomic mass is 10.1. The van der Waals surface area contributed by atoms with Crippen molar-refractivity contribution in [1.82, 2.24) is 20.0 Å². The molecule has 5 nitrogen and oxygen atoms in total. The van der Waals surface area contributed by atoms with Crippen LogP contribution in [-0.2, 0) is 20.0 Å². The maximum atomic E-state index is 6.21. The number of anilines is 1. The molecular weight excluding hydrogens is 274 g/mol. The molecule has 0 bridgehead atoms. The van der Waals surface area contributed by atoms with Gasteiger partial charge >= 0.3 is 0 Å². The van der Waals surface area contributed by atoms with Gasteiger partial charge in [0.05, 0.1) is 17.4 Å². The molecule has 6 heteroatoms. The molecule has 1 aromatic carbocycles. The minimum absolute atomic E-state index is 0.730. The van der Waals surface area contributed by atoms with Crippen LogP contribution in [0.4, 0.5) is 5.69 Å². The second kappa shape index (κ2) is 4.24. The highest BCUT2D eigenvalue weighted by molar-refractivity contribution is 6.31. The number of aromatic nitrogens is 4. The third-order valence-electron chi connectivity index (χ3n) is 3.81. The predicted molar refractivity (Wildman–Crippen MR) is 79.1 cm³/mol. The van der Waals surface area contributed by atoms with E-state index in [1.165, 1.54) is 11.3 Å². The van der Waals surface area contributed by atoms with Gasteiger partial charge in [-0.05, 0) is 12.1 Å². The quantitative estimate of drug-likeness (QED) is 0.748. The van der Waals surface area contributed by atoms with Gasteiger partial charge in [0.1, 0.15) is 0 Å². The summed E-state index contributed by atoms with van der Waals surface area (Å²) in [5.41, 5.74) is 4.60. The summed E-state index contributed by atoms with van der Waals surface area (Å²) in [5, 5.41) is 13.4. The van der Waals surface area contributed by atoms with Crippen molar-refractivity contribution in [2.24, 2.45) is 7.05 Å². The fourth-order valence-electron chi connectivity index (χ4n) is 2.92. The van der Waals surface area contributed by atoms with E-state index in [0.29, 0.717) is 0 Å². The topological polar surface area (TPSA) is 49.7 Å². The maximum absolute atomic E-state index is 6.21. The van der Waals surface area contributed by atoms with Crippen LogP contribution in [0.15, 0.2) is 24.5 Å². The lowest BCUT2D eigenvalue weighted by Gasteiger charge is -2.29. The molecule has 0 spiro atoms. The SMILES string of the molecule is Cn1cc2c(n1)CCN(c1cc(Cl)cc3[nH]ncc13)C2. The zero-order valence-electron chi connectivity index (χ0n) is 11.1. The minimum Gasteiger partial charge on any atom is -0.366 e. The molecule has 1 N–H and O–H groups in total. The fourth-order valence-corrected chi connectivity index (χ4v) is 3.13. The number of nitrogens with zero attached hydrogens (tertiary/aromatic N) is 4. The zero-order chi connectivity index (χ0) is 13.7. The van der Waals surface area contributed by atoms with Crippen molar-refractivity contribution < 1.29 is 0 Å².